The normalized spacial score (nSPS) is 31.2. The van der Waals surface area contributed by atoms with Gasteiger partial charge < -0.3 is 10.4 Å². The Morgan fingerprint density at radius 2 is 2.00 bits per heavy atom. The monoisotopic (exact) mass is 317 g/mol. The number of hydrogen-bond donors (Lipinski definition) is 2. The minimum absolute atomic E-state index is 0.295. The Kier molecular flexibility index (Phi) is 3.51. The van der Waals surface area contributed by atoms with E-state index in [2.05, 4.69) is 27.9 Å². The molecule has 2 unspecified atom stereocenters. The molecule has 0 bridgehead atoms. The zero-order chi connectivity index (χ0) is 10.7. The molecule has 3 heteroatoms. The maximum Gasteiger partial charge on any atom is 0.147 e. The van der Waals surface area contributed by atoms with Crippen molar-refractivity contribution in [2.24, 2.45) is 0 Å². The number of para-hydroxylation sites is 1. The first-order valence-corrected chi connectivity index (χ1v) is 6.65. The van der Waals surface area contributed by atoms with Crippen molar-refractivity contribution in [3.05, 3.63) is 30.3 Å². The average molecular weight is 317 g/mol. The van der Waals surface area contributed by atoms with Crippen LogP contribution in [0.4, 0.5) is 5.69 Å². The highest BCUT2D eigenvalue weighted by Gasteiger charge is 2.36. The second-order valence-electron chi connectivity index (χ2n) is 4.13. The van der Waals surface area contributed by atoms with E-state index in [1.54, 1.807) is 0 Å². The highest BCUT2D eigenvalue weighted by atomic mass is 127. The smallest absolute Gasteiger partial charge is 0.147 e. The van der Waals surface area contributed by atoms with Crippen molar-refractivity contribution < 1.29 is 5.11 Å². The van der Waals surface area contributed by atoms with Crippen LogP contribution >= 0.6 is 22.6 Å². The van der Waals surface area contributed by atoms with E-state index < -0.39 is 5.72 Å². The Balaban J connectivity index is 2.09. The standard InChI is InChI=1S/C12H16INO/c13-11-8-4-5-9-12(11,15)14-10-6-2-1-3-7-10/h1-3,6-7,11,14-15H,4-5,8-9H2. The molecule has 0 amide bonds. The van der Waals surface area contributed by atoms with Gasteiger partial charge in [0.15, 0.2) is 0 Å². The summed E-state index contributed by atoms with van der Waals surface area (Å²) in [6.07, 6.45) is 4.27. The lowest BCUT2D eigenvalue weighted by Crippen LogP contribution is -2.48. The molecule has 2 N–H and O–H groups in total. The molecule has 1 aliphatic carbocycles. The van der Waals surface area contributed by atoms with Crippen LogP contribution in [-0.2, 0) is 0 Å². The minimum atomic E-state index is -0.722. The Labute approximate surface area is 104 Å². The number of anilines is 1. The molecule has 1 saturated carbocycles. The number of hydrogen-bond acceptors (Lipinski definition) is 2. The maximum atomic E-state index is 10.5. The van der Waals surface area contributed by atoms with Crippen molar-refractivity contribution in [3.63, 3.8) is 0 Å². The van der Waals surface area contributed by atoms with Gasteiger partial charge in [-0.3, -0.25) is 0 Å². The molecule has 0 aromatic heterocycles. The largest absolute Gasteiger partial charge is 0.370 e. The number of aliphatic hydroxyl groups is 1. The predicted molar refractivity (Wildman–Crippen MR) is 71.3 cm³/mol. The van der Waals surface area contributed by atoms with E-state index in [0.717, 1.165) is 24.9 Å². The molecule has 0 spiro atoms. The van der Waals surface area contributed by atoms with Crippen molar-refractivity contribution in [2.45, 2.75) is 35.3 Å². The zero-order valence-corrected chi connectivity index (χ0v) is 10.8. The van der Waals surface area contributed by atoms with E-state index in [0.29, 0.717) is 3.92 Å². The van der Waals surface area contributed by atoms with Gasteiger partial charge in [0, 0.05) is 5.69 Å². The zero-order valence-electron chi connectivity index (χ0n) is 8.62. The molecule has 0 radical (unpaired) electrons. The van der Waals surface area contributed by atoms with Gasteiger partial charge in [0.05, 0.1) is 3.92 Å². The third-order valence-electron chi connectivity index (χ3n) is 2.92. The molecule has 1 aromatic carbocycles. The predicted octanol–water partition coefficient (Wildman–Crippen LogP) is 3.16. The topological polar surface area (TPSA) is 32.3 Å². The van der Waals surface area contributed by atoms with Crippen LogP contribution in [-0.4, -0.2) is 14.8 Å². The van der Waals surface area contributed by atoms with E-state index in [1.165, 1.54) is 6.42 Å². The van der Waals surface area contributed by atoms with Gasteiger partial charge in [-0.05, 0) is 31.4 Å². The first-order valence-electron chi connectivity index (χ1n) is 5.40. The first-order chi connectivity index (χ1) is 7.21. The van der Waals surface area contributed by atoms with E-state index in [4.69, 9.17) is 0 Å². The van der Waals surface area contributed by atoms with Gasteiger partial charge in [0.1, 0.15) is 5.72 Å². The second kappa shape index (κ2) is 4.70. The van der Waals surface area contributed by atoms with E-state index in [-0.39, 0.29) is 0 Å². The van der Waals surface area contributed by atoms with Crippen molar-refractivity contribution in [3.8, 4) is 0 Å². The Morgan fingerprint density at radius 1 is 1.27 bits per heavy atom. The van der Waals surface area contributed by atoms with Crippen LogP contribution in [0.25, 0.3) is 0 Å². The SMILES string of the molecule is OC1(Nc2ccccc2)CCCCC1I. The van der Waals surface area contributed by atoms with Crippen molar-refractivity contribution in [2.75, 3.05) is 5.32 Å². The van der Waals surface area contributed by atoms with E-state index in [9.17, 15) is 5.11 Å². The van der Waals surface area contributed by atoms with Crippen molar-refractivity contribution in [1.29, 1.82) is 0 Å². The molecule has 0 saturated heterocycles. The summed E-state index contributed by atoms with van der Waals surface area (Å²) in [6.45, 7) is 0. The highest BCUT2D eigenvalue weighted by Crippen LogP contribution is 2.34. The maximum absolute atomic E-state index is 10.5. The summed E-state index contributed by atoms with van der Waals surface area (Å²) in [4.78, 5) is 0. The molecule has 82 valence electrons. The van der Waals surface area contributed by atoms with Crippen LogP contribution in [0, 0.1) is 0 Å². The van der Waals surface area contributed by atoms with E-state index in [1.807, 2.05) is 30.3 Å². The first kappa shape index (κ1) is 11.2. The van der Waals surface area contributed by atoms with Crippen molar-refractivity contribution >= 4 is 28.3 Å². The molecule has 15 heavy (non-hydrogen) atoms. The molecule has 2 nitrogen and oxygen atoms in total. The molecule has 2 atom stereocenters. The number of nitrogens with one attached hydrogen (secondary N) is 1. The summed E-state index contributed by atoms with van der Waals surface area (Å²) in [5.74, 6) is 0. The van der Waals surface area contributed by atoms with Crippen LogP contribution in [0.15, 0.2) is 30.3 Å². The van der Waals surface area contributed by atoms with Gasteiger partial charge in [-0.15, -0.1) is 0 Å². The van der Waals surface area contributed by atoms with Gasteiger partial charge in [0.25, 0.3) is 0 Å². The fourth-order valence-corrected chi connectivity index (χ4v) is 2.93. The Bertz CT molecular complexity index is 317. The lowest BCUT2D eigenvalue weighted by molar-refractivity contribution is 0.0433. The van der Waals surface area contributed by atoms with Gasteiger partial charge in [0.2, 0.25) is 0 Å². The molecule has 1 aliphatic rings. The van der Waals surface area contributed by atoms with Gasteiger partial charge in [-0.1, -0.05) is 47.2 Å². The fourth-order valence-electron chi connectivity index (χ4n) is 2.03. The molecule has 0 aliphatic heterocycles. The number of benzene rings is 1. The van der Waals surface area contributed by atoms with Gasteiger partial charge in [-0.25, -0.2) is 0 Å². The number of alkyl halides is 1. The van der Waals surface area contributed by atoms with Crippen LogP contribution in [0.3, 0.4) is 0 Å². The van der Waals surface area contributed by atoms with E-state index >= 15 is 0 Å². The van der Waals surface area contributed by atoms with Crippen LogP contribution in [0.2, 0.25) is 0 Å². The molecule has 1 fully saturated rings. The van der Waals surface area contributed by atoms with Crippen molar-refractivity contribution in [1.82, 2.24) is 0 Å². The molecular formula is C12H16INO. The number of halogens is 1. The number of rotatable bonds is 2. The second-order valence-corrected chi connectivity index (χ2v) is 5.63. The molecule has 0 heterocycles. The van der Waals surface area contributed by atoms with Crippen LogP contribution in [0.1, 0.15) is 25.7 Å². The van der Waals surface area contributed by atoms with Gasteiger partial charge in [-0.2, -0.15) is 0 Å². The lowest BCUT2D eigenvalue weighted by Gasteiger charge is -2.38. The quantitative estimate of drug-likeness (QED) is 0.499. The summed E-state index contributed by atoms with van der Waals surface area (Å²) in [5, 5.41) is 13.7. The summed E-state index contributed by atoms with van der Waals surface area (Å²) >= 11 is 2.35. The highest BCUT2D eigenvalue weighted by molar-refractivity contribution is 14.1. The third kappa shape index (κ3) is 2.64. The molecule has 2 rings (SSSR count). The van der Waals surface area contributed by atoms with Gasteiger partial charge >= 0.3 is 0 Å². The summed E-state index contributed by atoms with van der Waals surface area (Å²) in [6, 6.07) is 9.94. The summed E-state index contributed by atoms with van der Waals surface area (Å²) < 4.78 is 0.295. The lowest BCUT2D eigenvalue weighted by atomic mass is 9.91. The summed E-state index contributed by atoms with van der Waals surface area (Å²) in [7, 11) is 0. The van der Waals surface area contributed by atoms with Crippen LogP contribution in [0.5, 0.6) is 0 Å². The fraction of sp³-hybridized carbons (Fsp3) is 0.500. The molecule has 1 aromatic rings. The summed E-state index contributed by atoms with van der Waals surface area (Å²) in [5.41, 5.74) is 0.281. The minimum Gasteiger partial charge on any atom is -0.370 e. The third-order valence-corrected chi connectivity index (χ3v) is 4.57. The Morgan fingerprint density at radius 3 is 2.67 bits per heavy atom. The van der Waals surface area contributed by atoms with Crippen LogP contribution < -0.4 is 5.32 Å². The average Bonchev–Trinajstić information content (AvgIpc) is 2.24. The molecular weight excluding hydrogens is 301 g/mol. The Hall–Kier alpha value is -0.290.